The van der Waals surface area contributed by atoms with Gasteiger partial charge in [-0.25, -0.2) is 4.39 Å². The molecule has 10 heteroatoms. The molecule has 2 aromatic rings. The number of carbonyl (C=O) groups excluding carboxylic acids is 2. The molecule has 37 heavy (non-hydrogen) atoms. The lowest BCUT2D eigenvalue weighted by Gasteiger charge is -2.43. The molecule has 200 valence electrons. The zero-order chi connectivity index (χ0) is 26.3. The minimum atomic E-state index is -1.01. The highest BCUT2D eigenvalue weighted by molar-refractivity contribution is 6.31. The third kappa shape index (κ3) is 7.56. The molecule has 0 saturated carbocycles. The van der Waals surface area contributed by atoms with E-state index in [1.807, 2.05) is 13.0 Å². The highest BCUT2D eigenvalue weighted by atomic mass is 35.5. The van der Waals surface area contributed by atoms with Crippen LogP contribution in [-0.2, 0) is 19.1 Å². The van der Waals surface area contributed by atoms with Gasteiger partial charge >= 0.3 is 0 Å². The number of halogens is 2. The fraction of sp³-hybridized carbons (Fsp3) is 0.481. The molecular weight excluding hydrogens is 503 g/mol. The van der Waals surface area contributed by atoms with Gasteiger partial charge in [0.05, 0.1) is 45.8 Å². The van der Waals surface area contributed by atoms with Crippen LogP contribution in [0.2, 0.25) is 5.02 Å². The van der Waals surface area contributed by atoms with Crippen LogP contribution in [0.25, 0.3) is 0 Å². The van der Waals surface area contributed by atoms with Crippen LogP contribution < -0.4 is 9.47 Å². The Labute approximate surface area is 221 Å². The van der Waals surface area contributed by atoms with Crippen molar-refractivity contribution in [2.24, 2.45) is 0 Å². The van der Waals surface area contributed by atoms with Gasteiger partial charge in [-0.1, -0.05) is 17.7 Å². The second-order valence-corrected chi connectivity index (χ2v) is 9.68. The number of nitrogens with zero attached hydrogens (tertiary/aromatic N) is 2. The first-order valence-corrected chi connectivity index (χ1v) is 12.8. The summed E-state index contributed by atoms with van der Waals surface area (Å²) in [5, 5.41) is 0.635. The van der Waals surface area contributed by atoms with Crippen LogP contribution in [0.1, 0.15) is 18.4 Å². The van der Waals surface area contributed by atoms with Crippen molar-refractivity contribution in [3.8, 4) is 11.5 Å². The Hall–Kier alpha value is -2.88. The predicted molar refractivity (Wildman–Crippen MR) is 135 cm³/mol. The molecule has 2 amide bonds. The maximum atomic E-state index is 13.4. The molecule has 2 fully saturated rings. The minimum Gasteiger partial charge on any atom is -0.493 e. The fourth-order valence-corrected chi connectivity index (χ4v) is 4.51. The molecule has 0 N–H and O–H groups in total. The summed E-state index contributed by atoms with van der Waals surface area (Å²) in [6.07, 6.45) is 0.185. The number of amides is 2. The lowest BCUT2D eigenvalue weighted by molar-refractivity contribution is -0.167. The van der Waals surface area contributed by atoms with Crippen molar-refractivity contribution in [3.63, 3.8) is 0 Å². The highest BCUT2D eigenvalue weighted by Gasteiger charge is 2.42. The lowest BCUT2D eigenvalue weighted by Crippen LogP contribution is -2.59. The molecule has 8 nitrogen and oxygen atoms in total. The molecule has 0 aliphatic carbocycles. The van der Waals surface area contributed by atoms with Gasteiger partial charge in [0, 0.05) is 30.7 Å². The largest absolute Gasteiger partial charge is 0.493 e. The molecule has 2 aliphatic heterocycles. The average Bonchev–Trinajstić information content (AvgIpc) is 2.90. The quantitative estimate of drug-likeness (QED) is 0.490. The molecule has 2 aliphatic rings. The van der Waals surface area contributed by atoms with Crippen molar-refractivity contribution in [1.29, 1.82) is 0 Å². The van der Waals surface area contributed by atoms with Gasteiger partial charge < -0.3 is 28.7 Å². The lowest BCUT2D eigenvalue weighted by atomic mass is 9.96. The molecule has 2 heterocycles. The number of hydrogen-bond donors (Lipinski definition) is 0. The molecule has 0 unspecified atom stereocenters. The summed E-state index contributed by atoms with van der Waals surface area (Å²) in [5.74, 6) is 0.373. The third-order valence-corrected chi connectivity index (χ3v) is 6.87. The highest BCUT2D eigenvalue weighted by Crippen LogP contribution is 2.28. The Bertz CT molecular complexity index is 1100. The van der Waals surface area contributed by atoms with E-state index in [2.05, 4.69) is 0 Å². The van der Waals surface area contributed by atoms with Gasteiger partial charge in [-0.2, -0.15) is 0 Å². The van der Waals surface area contributed by atoms with E-state index >= 15 is 0 Å². The third-order valence-electron chi connectivity index (χ3n) is 6.45. The number of carbonyl (C=O) groups is 2. The van der Waals surface area contributed by atoms with Crippen LogP contribution in [0.5, 0.6) is 11.5 Å². The topological polar surface area (TPSA) is 77.5 Å². The summed E-state index contributed by atoms with van der Waals surface area (Å²) in [4.78, 5) is 29.7. The normalized spacial score (nSPS) is 20.0. The second-order valence-electron chi connectivity index (χ2n) is 9.27. The number of rotatable bonds is 9. The molecule has 0 aromatic heterocycles. The number of benzene rings is 2. The summed E-state index contributed by atoms with van der Waals surface area (Å²) in [6.45, 7) is 4.99. The van der Waals surface area contributed by atoms with Gasteiger partial charge in [0.1, 0.15) is 29.5 Å². The monoisotopic (exact) mass is 534 g/mol. The van der Waals surface area contributed by atoms with Crippen LogP contribution >= 0.6 is 11.6 Å². The number of morpholine rings is 2. The van der Waals surface area contributed by atoms with Crippen molar-refractivity contribution in [2.45, 2.75) is 25.4 Å². The Morgan fingerprint density at radius 2 is 1.76 bits per heavy atom. The molecule has 2 saturated heterocycles. The van der Waals surface area contributed by atoms with Gasteiger partial charge in [-0.15, -0.1) is 0 Å². The van der Waals surface area contributed by atoms with Gasteiger partial charge in [-0.3, -0.25) is 9.59 Å². The second kappa shape index (κ2) is 12.6. The van der Waals surface area contributed by atoms with Crippen LogP contribution in [0.15, 0.2) is 42.5 Å². The van der Waals surface area contributed by atoms with Gasteiger partial charge in [-0.05, 0) is 42.8 Å². The van der Waals surface area contributed by atoms with E-state index in [4.69, 9.17) is 30.5 Å². The summed E-state index contributed by atoms with van der Waals surface area (Å²) >= 11 is 6.14. The molecule has 0 radical (unpaired) electrons. The Morgan fingerprint density at radius 3 is 2.51 bits per heavy atom. The molecule has 4 rings (SSSR count). The summed E-state index contributed by atoms with van der Waals surface area (Å²) < 4.78 is 36.5. The van der Waals surface area contributed by atoms with Gasteiger partial charge in [0.15, 0.2) is 0 Å². The SMILES string of the molecule is Cc1cc(OC[C@@]2(CC(=O)N3CCOCC3)CN(C(=O)CCOc3cccc(F)c3)CCO2)ccc1Cl. The number of aryl methyl sites for hydroxylation is 1. The zero-order valence-electron chi connectivity index (χ0n) is 20.9. The van der Waals surface area contributed by atoms with Crippen LogP contribution in [0.4, 0.5) is 4.39 Å². The maximum absolute atomic E-state index is 13.4. The van der Waals surface area contributed by atoms with E-state index in [1.165, 1.54) is 12.1 Å². The van der Waals surface area contributed by atoms with Gasteiger partial charge in [0.2, 0.25) is 11.8 Å². The summed E-state index contributed by atoms with van der Waals surface area (Å²) in [5.41, 5.74) is -0.141. The van der Waals surface area contributed by atoms with Crippen molar-refractivity contribution < 1.29 is 32.9 Å². The van der Waals surface area contributed by atoms with E-state index in [-0.39, 0.29) is 51.0 Å². The Morgan fingerprint density at radius 1 is 1.00 bits per heavy atom. The number of ether oxygens (including phenoxy) is 4. The first-order valence-electron chi connectivity index (χ1n) is 12.4. The summed E-state index contributed by atoms with van der Waals surface area (Å²) in [6, 6.07) is 11.1. The zero-order valence-corrected chi connectivity index (χ0v) is 21.7. The first-order chi connectivity index (χ1) is 17.8. The van der Waals surface area contributed by atoms with Gasteiger partial charge in [0.25, 0.3) is 0 Å². The maximum Gasteiger partial charge on any atom is 0.226 e. The van der Waals surface area contributed by atoms with E-state index in [0.717, 1.165) is 5.56 Å². The van der Waals surface area contributed by atoms with Crippen molar-refractivity contribution in [1.82, 2.24) is 9.80 Å². The smallest absolute Gasteiger partial charge is 0.226 e. The fourth-order valence-electron chi connectivity index (χ4n) is 4.40. The van der Waals surface area contributed by atoms with Crippen molar-refractivity contribution in [3.05, 3.63) is 58.9 Å². The predicted octanol–water partition coefficient (Wildman–Crippen LogP) is 3.48. The van der Waals surface area contributed by atoms with Crippen molar-refractivity contribution >= 4 is 23.4 Å². The Kier molecular flexibility index (Phi) is 9.23. The average molecular weight is 535 g/mol. The first kappa shape index (κ1) is 27.2. The summed E-state index contributed by atoms with van der Waals surface area (Å²) in [7, 11) is 0. The molecular formula is C27H32ClFN2O6. The van der Waals surface area contributed by atoms with E-state index in [0.29, 0.717) is 49.4 Å². The van der Waals surface area contributed by atoms with Crippen LogP contribution in [0.3, 0.4) is 0 Å². The minimum absolute atomic E-state index is 0.0667. The standard InChI is InChI=1S/C27H32ClFN2O6/c1-20-15-23(5-6-24(20)28)36-19-27(17-26(33)30-8-12-34-13-9-30)18-31(10-14-37-27)25(32)7-11-35-22-4-2-3-21(29)16-22/h2-6,15-16H,7-14,17-19H2,1H3/t27-/m1/s1. The molecule has 0 bridgehead atoms. The van der Waals surface area contributed by atoms with Crippen LogP contribution in [0, 0.1) is 12.7 Å². The number of hydrogen-bond acceptors (Lipinski definition) is 6. The molecule has 0 spiro atoms. The van der Waals surface area contributed by atoms with E-state index in [1.54, 1.807) is 34.1 Å². The van der Waals surface area contributed by atoms with Crippen molar-refractivity contribution in [2.75, 3.05) is 59.2 Å². The van der Waals surface area contributed by atoms with Crippen LogP contribution in [-0.4, -0.2) is 86.4 Å². The van der Waals surface area contributed by atoms with E-state index in [9.17, 15) is 14.0 Å². The van der Waals surface area contributed by atoms with E-state index < -0.39 is 11.4 Å². The molecule has 2 aromatic carbocycles. The molecule has 1 atom stereocenters. The Balaban J connectivity index is 1.42.